The largest absolute Gasteiger partial charge is 0.393 e. The first-order valence-corrected chi connectivity index (χ1v) is 8.80. The van der Waals surface area contributed by atoms with Crippen molar-refractivity contribution in [2.45, 2.75) is 50.5 Å². The van der Waals surface area contributed by atoms with Crippen LogP contribution < -0.4 is 11.1 Å². The summed E-state index contributed by atoms with van der Waals surface area (Å²) in [6, 6.07) is 7.94. The SMILES string of the molecule is NC[C@H]1CC[C@@H](C(=O)Nc2cccc(CN3CCC(O)CC3)c2)O1. The molecule has 0 radical (unpaired) electrons. The van der Waals surface area contributed by atoms with Crippen molar-refractivity contribution in [3.8, 4) is 0 Å². The number of amides is 1. The Bertz CT molecular complexity index is 558. The minimum Gasteiger partial charge on any atom is -0.393 e. The fraction of sp³-hybridized carbons (Fsp3) is 0.611. The zero-order valence-corrected chi connectivity index (χ0v) is 14.0. The number of nitrogens with zero attached hydrogens (tertiary/aromatic N) is 1. The van der Waals surface area contributed by atoms with Gasteiger partial charge in [0.05, 0.1) is 12.2 Å². The topological polar surface area (TPSA) is 87.8 Å². The zero-order chi connectivity index (χ0) is 16.9. The number of benzene rings is 1. The second-order valence-corrected chi connectivity index (χ2v) is 6.76. The van der Waals surface area contributed by atoms with Gasteiger partial charge in [0.2, 0.25) is 0 Å². The number of carbonyl (C=O) groups excluding carboxylic acids is 1. The fourth-order valence-electron chi connectivity index (χ4n) is 3.38. The van der Waals surface area contributed by atoms with Gasteiger partial charge in [-0.1, -0.05) is 12.1 Å². The molecule has 2 fully saturated rings. The van der Waals surface area contributed by atoms with Crippen LogP contribution in [0.15, 0.2) is 24.3 Å². The van der Waals surface area contributed by atoms with Gasteiger partial charge in [-0.2, -0.15) is 0 Å². The van der Waals surface area contributed by atoms with Crippen LogP contribution in [0.2, 0.25) is 0 Å². The van der Waals surface area contributed by atoms with E-state index in [-0.39, 0.29) is 18.1 Å². The summed E-state index contributed by atoms with van der Waals surface area (Å²) in [6.07, 6.45) is 2.68. The highest BCUT2D eigenvalue weighted by atomic mass is 16.5. The Morgan fingerprint density at radius 1 is 1.29 bits per heavy atom. The fourth-order valence-corrected chi connectivity index (χ4v) is 3.38. The van der Waals surface area contributed by atoms with E-state index < -0.39 is 6.10 Å². The first-order chi connectivity index (χ1) is 11.6. The second kappa shape index (κ2) is 8.07. The summed E-state index contributed by atoms with van der Waals surface area (Å²) in [6.45, 7) is 3.12. The number of aliphatic hydroxyl groups excluding tert-OH is 1. The number of piperidine rings is 1. The predicted molar refractivity (Wildman–Crippen MR) is 92.5 cm³/mol. The molecule has 0 aliphatic carbocycles. The van der Waals surface area contributed by atoms with Crippen LogP contribution in [0.1, 0.15) is 31.2 Å². The molecule has 0 spiro atoms. The number of rotatable bonds is 5. The van der Waals surface area contributed by atoms with Crippen LogP contribution in [-0.4, -0.2) is 53.9 Å². The Morgan fingerprint density at radius 2 is 2.08 bits per heavy atom. The maximum absolute atomic E-state index is 12.3. The summed E-state index contributed by atoms with van der Waals surface area (Å²) in [5.74, 6) is -0.0933. The van der Waals surface area contributed by atoms with Gasteiger partial charge in [0.15, 0.2) is 0 Å². The van der Waals surface area contributed by atoms with Crippen molar-refractivity contribution >= 4 is 11.6 Å². The number of nitrogens with two attached hydrogens (primary N) is 1. The summed E-state index contributed by atoms with van der Waals surface area (Å²) in [7, 11) is 0. The van der Waals surface area contributed by atoms with Crippen LogP contribution in [0.3, 0.4) is 0 Å². The van der Waals surface area contributed by atoms with Gasteiger partial charge in [-0.25, -0.2) is 0 Å². The number of nitrogens with one attached hydrogen (secondary N) is 1. The van der Waals surface area contributed by atoms with E-state index >= 15 is 0 Å². The molecule has 24 heavy (non-hydrogen) atoms. The van der Waals surface area contributed by atoms with E-state index in [1.54, 1.807) is 0 Å². The average Bonchev–Trinajstić information content (AvgIpc) is 3.07. The van der Waals surface area contributed by atoms with Crippen molar-refractivity contribution in [1.82, 2.24) is 4.90 Å². The first-order valence-electron chi connectivity index (χ1n) is 8.80. The van der Waals surface area contributed by atoms with Crippen LogP contribution >= 0.6 is 0 Å². The molecule has 0 unspecified atom stereocenters. The maximum Gasteiger partial charge on any atom is 0.253 e. The third-order valence-corrected chi connectivity index (χ3v) is 4.82. The lowest BCUT2D eigenvalue weighted by Crippen LogP contribution is -2.35. The number of aliphatic hydroxyl groups is 1. The number of ether oxygens (including phenoxy) is 1. The third-order valence-electron chi connectivity index (χ3n) is 4.82. The molecule has 3 rings (SSSR count). The quantitative estimate of drug-likeness (QED) is 0.751. The van der Waals surface area contributed by atoms with Gasteiger partial charge in [-0.15, -0.1) is 0 Å². The summed E-state index contributed by atoms with van der Waals surface area (Å²) in [5.41, 5.74) is 7.55. The van der Waals surface area contributed by atoms with E-state index in [0.717, 1.165) is 56.6 Å². The van der Waals surface area contributed by atoms with Crippen LogP contribution in [-0.2, 0) is 16.1 Å². The Balaban J connectivity index is 1.54. The number of likely N-dealkylation sites (tertiary alicyclic amines) is 1. The van der Waals surface area contributed by atoms with Crippen LogP contribution in [0.4, 0.5) is 5.69 Å². The molecule has 2 aliphatic heterocycles. The molecule has 2 atom stereocenters. The van der Waals surface area contributed by atoms with Gasteiger partial charge in [-0.05, 0) is 43.4 Å². The summed E-state index contributed by atoms with van der Waals surface area (Å²) < 4.78 is 5.64. The number of carbonyl (C=O) groups is 1. The lowest BCUT2D eigenvalue weighted by Gasteiger charge is -2.29. The Hall–Kier alpha value is -1.47. The van der Waals surface area contributed by atoms with Crippen molar-refractivity contribution < 1.29 is 14.6 Å². The predicted octanol–water partition coefficient (Wildman–Crippen LogP) is 1.09. The molecule has 2 heterocycles. The highest BCUT2D eigenvalue weighted by molar-refractivity contribution is 5.94. The lowest BCUT2D eigenvalue weighted by atomic mass is 10.1. The Labute approximate surface area is 143 Å². The molecule has 132 valence electrons. The molecule has 1 aromatic rings. The van der Waals surface area contributed by atoms with E-state index in [4.69, 9.17) is 10.5 Å². The molecule has 2 aliphatic rings. The zero-order valence-electron chi connectivity index (χ0n) is 14.0. The van der Waals surface area contributed by atoms with Gasteiger partial charge >= 0.3 is 0 Å². The lowest BCUT2D eigenvalue weighted by molar-refractivity contribution is -0.126. The number of hydrogen-bond acceptors (Lipinski definition) is 5. The molecule has 0 bridgehead atoms. The van der Waals surface area contributed by atoms with Gasteiger partial charge in [0.1, 0.15) is 6.10 Å². The van der Waals surface area contributed by atoms with Gasteiger partial charge in [0, 0.05) is 31.9 Å². The number of hydrogen-bond donors (Lipinski definition) is 3. The Morgan fingerprint density at radius 3 is 2.79 bits per heavy atom. The highest BCUT2D eigenvalue weighted by Crippen LogP contribution is 2.21. The monoisotopic (exact) mass is 333 g/mol. The molecular weight excluding hydrogens is 306 g/mol. The molecule has 1 amide bonds. The molecule has 4 N–H and O–H groups in total. The summed E-state index contributed by atoms with van der Waals surface area (Å²) in [5, 5.41) is 12.5. The average molecular weight is 333 g/mol. The molecule has 0 saturated carbocycles. The minimum atomic E-state index is -0.397. The van der Waals surface area contributed by atoms with Gasteiger partial charge < -0.3 is 20.9 Å². The smallest absolute Gasteiger partial charge is 0.253 e. The normalized spacial score (nSPS) is 25.8. The van der Waals surface area contributed by atoms with Crippen LogP contribution in [0, 0.1) is 0 Å². The minimum absolute atomic E-state index is 0.00142. The first kappa shape index (κ1) is 17.4. The van der Waals surface area contributed by atoms with Crippen molar-refractivity contribution in [3.63, 3.8) is 0 Å². The van der Waals surface area contributed by atoms with Crippen molar-refractivity contribution in [2.75, 3.05) is 25.0 Å². The maximum atomic E-state index is 12.3. The standard InChI is InChI=1S/C18H27N3O3/c19-11-16-4-5-17(24-16)18(23)20-14-3-1-2-13(10-14)12-21-8-6-15(22)7-9-21/h1-3,10,15-17,22H,4-9,11-12,19H2,(H,20,23)/t16-,17+/m1/s1. The number of anilines is 1. The molecule has 6 nitrogen and oxygen atoms in total. The Kier molecular flexibility index (Phi) is 5.84. The van der Waals surface area contributed by atoms with E-state index in [2.05, 4.69) is 16.3 Å². The molecular formula is C18H27N3O3. The molecule has 6 heteroatoms. The highest BCUT2D eigenvalue weighted by Gasteiger charge is 2.29. The molecule has 1 aromatic carbocycles. The molecule has 0 aromatic heterocycles. The van der Waals surface area contributed by atoms with Crippen LogP contribution in [0.5, 0.6) is 0 Å². The summed E-state index contributed by atoms with van der Waals surface area (Å²) in [4.78, 5) is 14.6. The van der Waals surface area contributed by atoms with Gasteiger partial charge in [-0.3, -0.25) is 9.69 Å². The van der Waals surface area contributed by atoms with E-state index in [1.165, 1.54) is 0 Å². The van der Waals surface area contributed by atoms with Crippen LogP contribution in [0.25, 0.3) is 0 Å². The van der Waals surface area contributed by atoms with Gasteiger partial charge in [0.25, 0.3) is 5.91 Å². The second-order valence-electron chi connectivity index (χ2n) is 6.76. The molecule has 2 saturated heterocycles. The van der Waals surface area contributed by atoms with E-state index in [1.807, 2.05) is 18.2 Å². The van der Waals surface area contributed by atoms with E-state index in [9.17, 15) is 9.90 Å². The van der Waals surface area contributed by atoms with Crippen molar-refractivity contribution in [1.29, 1.82) is 0 Å². The van der Waals surface area contributed by atoms with Crippen molar-refractivity contribution in [2.24, 2.45) is 5.73 Å². The third kappa shape index (κ3) is 4.54. The van der Waals surface area contributed by atoms with Crippen molar-refractivity contribution in [3.05, 3.63) is 29.8 Å². The summed E-state index contributed by atoms with van der Waals surface area (Å²) >= 11 is 0. The van der Waals surface area contributed by atoms with E-state index in [0.29, 0.717) is 6.54 Å².